The van der Waals surface area contributed by atoms with E-state index in [2.05, 4.69) is 13.0 Å². The molecule has 2 saturated heterocycles. The fraction of sp³-hybridized carbons (Fsp3) is 0.476. The molecule has 0 N–H and O–H groups in total. The Morgan fingerprint density at radius 3 is 2.77 bits per heavy atom. The fourth-order valence-electron chi connectivity index (χ4n) is 4.86. The number of nitrogens with zero attached hydrogens (tertiary/aromatic N) is 1. The van der Waals surface area contributed by atoms with Crippen LogP contribution in [0, 0.1) is 0 Å². The summed E-state index contributed by atoms with van der Waals surface area (Å²) in [7, 11) is 1.64. The van der Waals surface area contributed by atoms with Gasteiger partial charge in [-0.25, -0.2) is 0 Å². The molecule has 4 aliphatic rings. The van der Waals surface area contributed by atoms with Crippen molar-refractivity contribution in [2.45, 2.75) is 30.9 Å². The maximum atomic E-state index is 12.9. The van der Waals surface area contributed by atoms with E-state index in [1.165, 1.54) is 0 Å². The monoisotopic (exact) mass is 354 g/mol. The Morgan fingerprint density at radius 1 is 1.23 bits per heavy atom. The highest BCUT2D eigenvalue weighted by molar-refractivity contribution is 6.15. The van der Waals surface area contributed by atoms with Crippen LogP contribution in [0.15, 0.2) is 48.1 Å². The molecule has 5 nitrogen and oxygen atoms in total. The van der Waals surface area contributed by atoms with Gasteiger partial charge in [-0.3, -0.25) is 14.0 Å². The van der Waals surface area contributed by atoms with E-state index in [-0.39, 0.29) is 17.9 Å². The number of hydrogen-bond acceptors (Lipinski definition) is 4. The fourth-order valence-corrected chi connectivity index (χ4v) is 4.86. The van der Waals surface area contributed by atoms with Crippen molar-refractivity contribution in [2.24, 2.45) is 0 Å². The van der Waals surface area contributed by atoms with Gasteiger partial charge in [0.2, 0.25) is 12.0 Å². The maximum absolute atomic E-state index is 12.9. The minimum Gasteiger partial charge on any atom is -0.370 e. The largest absolute Gasteiger partial charge is 0.370 e. The Morgan fingerprint density at radius 2 is 2.00 bits per heavy atom. The summed E-state index contributed by atoms with van der Waals surface area (Å²) in [5.41, 5.74) is 2.62. The molecule has 4 unspecified atom stereocenters. The van der Waals surface area contributed by atoms with Gasteiger partial charge in [0.25, 0.3) is 0 Å². The molecule has 0 radical (unpaired) electrons. The molecular weight excluding hydrogens is 330 g/mol. The van der Waals surface area contributed by atoms with Crippen molar-refractivity contribution >= 4 is 5.78 Å². The van der Waals surface area contributed by atoms with Crippen molar-refractivity contribution in [3.8, 4) is 0 Å². The van der Waals surface area contributed by atoms with E-state index in [1.54, 1.807) is 7.11 Å². The second-order valence-corrected chi connectivity index (χ2v) is 7.69. The van der Waals surface area contributed by atoms with Gasteiger partial charge in [0.05, 0.1) is 13.2 Å². The first-order valence-corrected chi connectivity index (χ1v) is 9.33. The molecule has 1 spiro atoms. The van der Waals surface area contributed by atoms with Crippen LogP contribution in [0.4, 0.5) is 0 Å². The predicted molar refractivity (Wildman–Crippen MR) is 95.6 cm³/mol. The number of allylic oxidation sites excluding steroid dienone is 2. The molecule has 136 valence electrons. The van der Waals surface area contributed by atoms with Gasteiger partial charge < -0.3 is 9.47 Å². The minimum absolute atomic E-state index is 0.00809. The summed E-state index contributed by atoms with van der Waals surface area (Å²) in [6, 6.07) is 8.25. The second kappa shape index (κ2) is 5.60. The molecular formula is C21H24NO4+. The molecule has 1 aromatic rings. The lowest BCUT2D eigenvalue weighted by Gasteiger charge is -2.32. The van der Waals surface area contributed by atoms with Crippen LogP contribution in [0.5, 0.6) is 0 Å². The van der Waals surface area contributed by atoms with Crippen LogP contribution in [0.3, 0.4) is 0 Å². The third kappa shape index (κ3) is 2.15. The number of Topliss-reactive ketones (excluding diaryl/α,β-unsaturated/α-hetero) is 1. The number of hydrogen-bond donors (Lipinski definition) is 0. The van der Waals surface area contributed by atoms with E-state index in [4.69, 9.17) is 14.2 Å². The molecule has 5 rings (SSSR count). The van der Waals surface area contributed by atoms with E-state index < -0.39 is 5.79 Å². The third-order valence-corrected chi connectivity index (χ3v) is 6.58. The summed E-state index contributed by atoms with van der Waals surface area (Å²) in [6.45, 7) is 5.71. The minimum atomic E-state index is -0.970. The highest BCUT2D eigenvalue weighted by Gasteiger charge is 2.67. The highest BCUT2D eigenvalue weighted by Crippen LogP contribution is 2.47. The molecule has 0 bridgehead atoms. The lowest BCUT2D eigenvalue weighted by molar-refractivity contribution is -0.850. The molecule has 0 saturated carbocycles. The van der Waals surface area contributed by atoms with E-state index >= 15 is 0 Å². The lowest BCUT2D eigenvalue weighted by Crippen LogP contribution is -2.44. The normalized spacial score (nSPS) is 36.6. The van der Waals surface area contributed by atoms with E-state index in [0.29, 0.717) is 6.04 Å². The molecule has 0 amide bonds. The van der Waals surface area contributed by atoms with Crippen LogP contribution in [-0.2, 0) is 14.2 Å². The lowest BCUT2D eigenvalue weighted by atomic mass is 9.90. The molecule has 4 atom stereocenters. The van der Waals surface area contributed by atoms with Crippen LogP contribution in [0.2, 0.25) is 0 Å². The maximum Gasteiger partial charge on any atom is 0.250 e. The van der Waals surface area contributed by atoms with E-state index in [1.807, 2.05) is 36.4 Å². The summed E-state index contributed by atoms with van der Waals surface area (Å²) in [6.07, 6.45) is 6.00. The van der Waals surface area contributed by atoms with Gasteiger partial charge in [0, 0.05) is 24.2 Å². The Hall–Kier alpha value is -1.79. The number of benzene rings is 1. The number of quaternary nitrogens is 1. The Bertz CT molecular complexity index is 823. The van der Waals surface area contributed by atoms with Gasteiger partial charge in [0.15, 0.2) is 11.8 Å². The van der Waals surface area contributed by atoms with E-state index in [0.717, 1.165) is 47.5 Å². The number of ether oxygens (including phenoxy) is 3. The first-order chi connectivity index (χ1) is 12.6. The number of ketones is 1. The smallest absolute Gasteiger partial charge is 0.250 e. The summed E-state index contributed by atoms with van der Waals surface area (Å²) in [5, 5.41) is 0. The number of methoxy groups -OCH3 is 1. The first kappa shape index (κ1) is 16.4. The van der Waals surface area contributed by atoms with Gasteiger partial charge in [0.1, 0.15) is 13.1 Å². The molecule has 0 aromatic heterocycles. The summed E-state index contributed by atoms with van der Waals surface area (Å²) in [4.78, 5) is 12.9. The van der Waals surface area contributed by atoms with Crippen LogP contribution < -0.4 is 0 Å². The average Bonchev–Trinajstić information content (AvgIpc) is 3.07. The van der Waals surface area contributed by atoms with Crippen molar-refractivity contribution in [1.82, 2.24) is 0 Å². The number of carbonyl (C=O) groups excluding carboxylic acids is 1. The molecule has 2 aliphatic carbocycles. The van der Waals surface area contributed by atoms with Gasteiger partial charge in [-0.15, -0.1) is 0 Å². The van der Waals surface area contributed by atoms with Crippen LogP contribution in [0.1, 0.15) is 28.8 Å². The molecule has 5 heteroatoms. The Kier molecular flexibility index (Phi) is 3.53. The Labute approximate surface area is 153 Å². The van der Waals surface area contributed by atoms with Gasteiger partial charge >= 0.3 is 0 Å². The summed E-state index contributed by atoms with van der Waals surface area (Å²) >= 11 is 0. The summed E-state index contributed by atoms with van der Waals surface area (Å²) in [5.74, 6) is -0.879. The van der Waals surface area contributed by atoms with Crippen molar-refractivity contribution < 1.29 is 23.5 Å². The van der Waals surface area contributed by atoms with Crippen LogP contribution >= 0.6 is 0 Å². The average molecular weight is 354 g/mol. The third-order valence-electron chi connectivity index (χ3n) is 6.58. The SMILES string of the molecule is COC1(OC2C(C)[N+]23CCOCC3)C=CC2C(=C1)C(=O)c1ccccc12. The van der Waals surface area contributed by atoms with Crippen LogP contribution in [0.25, 0.3) is 0 Å². The Balaban J connectivity index is 1.45. The molecule has 26 heavy (non-hydrogen) atoms. The second-order valence-electron chi connectivity index (χ2n) is 7.69. The molecule has 2 fully saturated rings. The zero-order valence-electron chi connectivity index (χ0n) is 15.2. The number of morpholine rings is 1. The number of rotatable bonds is 3. The topological polar surface area (TPSA) is 44.8 Å². The zero-order chi connectivity index (χ0) is 17.9. The summed E-state index contributed by atoms with van der Waals surface area (Å²) < 4.78 is 18.7. The van der Waals surface area contributed by atoms with Crippen molar-refractivity contribution in [3.63, 3.8) is 0 Å². The zero-order valence-corrected chi connectivity index (χ0v) is 15.2. The molecule has 2 heterocycles. The van der Waals surface area contributed by atoms with Gasteiger partial charge in [-0.05, 0) is 24.6 Å². The van der Waals surface area contributed by atoms with Gasteiger partial charge in [-0.1, -0.05) is 30.3 Å². The van der Waals surface area contributed by atoms with E-state index in [9.17, 15) is 4.79 Å². The predicted octanol–water partition coefficient (Wildman–Crippen LogP) is 2.40. The van der Waals surface area contributed by atoms with Gasteiger partial charge in [-0.2, -0.15) is 0 Å². The van der Waals surface area contributed by atoms with Crippen molar-refractivity contribution in [2.75, 3.05) is 33.4 Å². The highest BCUT2D eigenvalue weighted by atomic mass is 16.7. The van der Waals surface area contributed by atoms with Crippen LogP contribution in [-0.4, -0.2) is 61.7 Å². The number of fused-ring (bicyclic) bond motifs is 3. The molecule has 1 aromatic carbocycles. The standard InChI is InChI=1S/C21H24NO4/c1-14-20(22(14)9-11-25-12-10-22)26-21(24-2)8-7-16-15-5-3-4-6-17(15)19(23)18(16)13-21/h3-8,13-14,16,20H,9-12H2,1-2H3/q+1. The first-order valence-electron chi connectivity index (χ1n) is 9.33. The number of carbonyl (C=O) groups is 1. The van der Waals surface area contributed by atoms with Crippen molar-refractivity contribution in [1.29, 1.82) is 0 Å². The molecule has 2 aliphatic heterocycles. The quantitative estimate of drug-likeness (QED) is 0.362. The van der Waals surface area contributed by atoms with Crippen molar-refractivity contribution in [3.05, 3.63) is 59.2 Å².